The van der Waals surface area contributed by atoms with E-state index >= 15 is 0 Å². The van der Waals surface area contributed by atoms with Crippen LogP contribution in [0.3, 0.4) is 0 Å². The van der Waals surface area contributed by atoms with Crippen LogP contribution in [0.2, 0.25) is 0 Å². The highest BCUT2D eigenvalue weighted by atomic mass is 16.5. The Bertz CT molecular complexity index is 625. The quantitative estimate of drug-likeness (QED) is 0.855. The van der Waals surface area contributed by atoms with Crippen LogP contribution in [-0.4, -0.2) is 24.4 Å². The van der Waals surface area contributed by atoms with Crippen LogP contribution in [-0.2, 0) is 0 Å². The number of methoxy groups -OCH3 is 1. The summed E-state index contributed by atoms with van der Waals surface area (Å²) in [5.41, 5.74) is 2.68. The molecule has 0 aliphatic carbocycles. The highest BCUT2D eigenvalue weighted by molar-refractivity contribution is 6.03. The molecule has 1 aliphatic rings. The number of nitrogens with zero attached hydrogens (tertiary/aromatic N) is 1. The van der Waals surface area contributed by atoms with E-state index in [2.05, 4.69) is 10.3 Å². The smallest absolute Gasteiger partial charge is 0.173 e. The van der Waals surface area contributed by atoms with Gasteiger partial charge >= 0.3 is 0 Å². The van der Waals surface area contributed by atoms with E-state index < -0.39 is 0 Å². The third-order valence-corrected chi connectivity index (χ3v) is 3.38. The van der Waals surface area contributed by atoms with E-state index in [1.165, 1.54) is 0 Å². The normalized spacial score (nSPS) is 16.6. The monoisotopic (exact) mass is 254 g/mol. The molecule has 1 N–H and O–H groups in total. The predicted molar refractivity (Wildman–Crippen MR) is 72.8 cm³/mol. The van der Waals surface area contributed by atoms with Crippen LogP contribution in [0.4, 0.5) is 5.69 Å². The molecule has 3 rings (SSSR count). The van der Waals surface area contributed by atoms with Crippen molar-refractivity contribution in [2.24, 2.45) is 0 Å². The lowest BCUT2D eigenvalue weighted by atomic mass is 9.93. The fourth-order valence-electron chi connectivity index (χ4n) is 2.38. The fraction of sp³-hybridized carbons (Fsp3) is 0.200. The van der Waals surface area contributed by atoms with Crippen molar-refractivity contribution in [1.82, 2.24) is 4.98 Å². The maximum Gasteiger partial charge on any atom is 0.173 e. The number of aromatic nitrogens is 1. The first kappa shape index (κ1) is 11.7. The number of carbonyl (C=O) groups is 1. The molecular weight excluding hydrogens is 240 g/mol. The first-order chi connectivity index (χ1) is 9.29. The van der Waals surface area contributed by atoms with Gasteiger partial charge in [-0.15, -0.1) is 0 Å². The molecule has 19 heavy (non-hydrogen) atoms. The number of hydrogen-bond donors (Lipinski definition) is 1. The van der Waals surface area contributed by atoms with E-state index in [-0.39, 0.29) is 11.7 Å². The molecule has 0 amide bonds. The molecule has 0 saturated carbocycles. The summed E-state index contributed by atoms with van der Waals surface area (Å²) in [5, 5.41) is 3.26. The van der Waals surface area contributed by atoms with E-state index in [1.807, 2.05) is 24.3 Å². The van der Waals surface area contributed by atoms with Gasteiger partial charge in [-0.1, -0.05) is 18.2 Å². The zero-order valence-corrected chi connectivity index (χ0v) is 10.6. The molecule has 0 spiro atoms. The van der Waals surface area contributed by atoms with Gasteiger partial charge in [0.25, 0.3) is 0 Å². The number of hydrogen-bond acceptors (Lipinski definition) is 4. The standard InChI is InChI=1S/C15H14N2O2/c1-19-11-6-10(7-16-8-11)15(18)13-9-17-14-5-3-2-4-12(13)14/h2-8,13,17H,9H2,1H3. The average Bonchev–Trinajstić information content (AvgIpc) is 2.90. The molecule has 0 bridgehead atoms. The molecule has 2 heterocycles. The number of para-hydroxylation sites is 1. The Morgan fingerprint density at radius 3 is 3.05 bits per heavy atom. The SMILES string of the molecule is COc1cncc(C(=O)C2CNc3ccccc32)c1. The van der Waals surface area contributed by atoms with Gasteiger partial charge in [0.05, 0.1) is 19.2 Å². The van der Waals surface area contributed by atoms with E-state index in [1.54, 1.807) is 25.6 Å². The number of ketones is 1. The second-order valence-electron chi connectivity index (χ2n) is 4.50. The Labute approximate surface area is 111 Å². The largest absolute Gasteiger partial charge is 0.495 e. The van der Waals surface area contributed by atoms with Crippen molar-refractivity contribution in [3.05, 3.63) is 53.9 Å². The summed E-state index contributed by atoms with van der Waals surface area (Å²) in [6.07, 6.45) is 3.18. The summed E-state index contributed by atoms with van der Waals surface area (Å²) in [6, 6.07) is 9.63. The number of fused-ring (bicyclic) bond motifs is 1. The van der Waals surface area contributed by atoms with Gasteiger partial charge in [0.2, 0.25) is 0 Å². The third kappa shape index (κ3) is 2.05. The van der Waals surface area contributed by atoms with Gasteiger partial charge in [-0.3, -0.25) is 9.78 Å². The van der Waals surface area contributed by atoms with Gasteiger partial charge in [0, 0.05) is 24.0 Å². The molecule has 1 aromatic carbocycles. The molecule has 4 heteroatoms. The molecule has 1 aromatic heterocycles. The molecule has 4 nitrogen and oxygen atoms in total. The van der Waals surface area contributed by atoms with Crippen LogP contribution in [0.25, 0.3) is 0 Å². The number of nitrogens with one attached hydrogen (secondary N) is 1. The van der Waals surface area contributed by atoms with Crippen molar-refractivity contribution in [2.45, 2.75) is 5.92 Å². The Balaban J connectivity index is 1.93. The van der Waals surface area contributed by atoms with Crippen LogP contribution in [0, 0.1) is 0 Å². The minimum atomic E-state index is -0.148. The van der Waals surface area contributed by atoms with E-state index in [0.717, 1.165) is 11.3 Å². The second-order valence-corrected chi connectivity index (χ2v) is 4.50. The Morgan fingerprint density at radius 1 is 1.37 bits per heavy atom. The first-order valence-electron chi connectivity index (χ1n) is 6.15. The van der Waals surface area contributed by atoms with Crippen LogP contribution >= 0.6 is 0 Å². The van der Waals surface area contributed by atoms with Crippen molar-refractivity contribution in [3.8, 4) is 5.75 Å². The van der Waals surface area contributed by atoms with Crippen LogP contribution < -0.4 is 10.1 Å². The van der Waals surface area contributed by atoms with Crippen molar-refractivity contribution in [1.29, 1.82) is 0 Å². The zero-order chi connectivity index (χ0) is 13.2. The van der Waals surface area contributed by atoms with Gasteiger partial charge < -0.3 is 10.1 Å². The van der Waals surface area contributed by atoms with Gasteiger partial charge in [-0.25, -0.2) is 0 Å². The lowest BCUT2D eigenvalue weighted by molar-refractivity contribution is 0.0966. The van der Waals surface area contributed by atoms with Gasteiger partial charge in [-0.05, 0) is 17.7 Å². The minimum Gasteiger partial charge on any atom is -0.495 e. The molecule has 2 aromatic rings. The van der Waals surface area contributed by atoms with E-state index in [4.69, 9.17) is 4.74 Å². The second kappa shape index (κ2) is 4.72. The summed E-state index contributed by atoms with van der Waals surface area (Å²) in [5.74, 6) is 0.527. The van der Waals surface area contributed by atoms with Gasteiger partial charge in [-0.2, -0.15) is 0 Å². The van der Waals surface area contributed by atoms with Crippen molar-refractivity contribution in [2.75, 3.05) is 19.0 Å². The number of anilines is 1. The average molecular weight is 254 g/mol. The lowest BCUT2D eigenvalue weighted by Gasteiger charge is -2.09. The molecule has 0 saturated heterocycles. The molecule has 1 atom stereocenters. The fourth-order valence-corrected chi connectivity index (χ4v) is 2.38. The Kier molecular flexibility index (Phi) is 2.91. The predicted octanol–water partition coefficient (Wildman–Crippen LogP) is 2.48. The van der Waals surface area contributed by atoms with Crippen LogP contribution in [0.1, 0.15) is 21.8 Å². The Hall–Kier alpha value is -2.36. The number of Topliss-reactive ketones (excluding diaryl/α,β-unsaturated/α-hetero) is 1. The molecular formula is C15H14N2O2. The topological polar surface area (TPSA) is 51.2 Å². The highest BCUT2D eigenvalue weighted by Gasteiger charge is 2.29. The summed E-state index contributed by atoms with van der Waals surface area (Å²) >= 11 is 0. The lowest BCUT2D eigenvalue weighted by Crippen LogP contribution is -2.15. The van der Waals surface area contributed by atoms with Crippen molar-refractivity contribution in [3.63, 3.8) is 0 Å². The summed E-state index contributed by atoms with van der Waals surface area (Å²) in [4.78, 5) is 16.6. The molecule has 1 aliphatic heterocycles. The minimum absolute atomic E-state index is 0.0730. The van der Waals surface area contributed by atoms with Crippen LogP contribution in [0.5, 0.6) is 5.75 Å². The number of carbonyl (C=O) groups excluding carboxylic acids is 1. The summed E-state index contributed by atoms with van der Waals surface area (Å²) < 4.78 is 5.11. The molecule has 1 unspecified atom stereocenters. The maximum absolute atomic E-state index is 12.5. The number of benzene rings is 1. The number of ether oxygens (including phenoxy) is 1. The van der Waals surface area contributed by atoms with Gasteiger partial charge in [0.1, 0.15) is 5.75 Å². The molecule has 0 radical (unpaired) electrons. The Morgan fingerprint density at radius 2 is 2.21 bits per heavy atom. The summed E-state index contributed by atoms with van der Waals surface area (Å²) in [6.45, 7) is 0.634. The van der Waals surface area contributed by atoms with E-state index in [0.29, 0.717) is 17.9 Å². The third-order valence-electron chi connectivity index (χ3n) is 3.38. The van der Waals surface area contributed by atoms with Gasteiger partial charge in [0.15, 0.2) is 5.78 Å². The van der Waals surface area contributed by atoms with Crippen LogP contribution in [0.15, 0.2) is 42.7 Å². The zero-order valence-electron chi connectivity index (χ0n) is 10.6. The molecule has 0 fully saturated rings. The highest BCUT2D eigenvalue weighted by Crippen LogP contribution is 2.33. The van der Waals surface area contributed by atoms with Crippen molar-refractivity contribution < 1.29 is 9.53 Å². The number of rotatable bonds is 3. The molecule has 96 valence electrons. The summed E-state index contributed by atoms with van der Waals surface area (Å²) in [7, 11) is 1.57. The number of pyridine rings is 1. The maximum atomic E-state index is 12.5. The van der Waals surface area contributed by atoms with E-state index in [9.17, 15) is 4.79 Å². The first-order valence-corrected chi connectivity index (χ1v) is 6.15. The van der Waals surface area contributed by atoms with Crippen molar-refractivity contribution >= 4 is 11.5 Å².